The van der Waals surface area contributed by atoms with Gasteiger partial charge in [0.05, 0.1) is 0 Å². The number of piperazine rings is 1. The average molecular weight is 384 g/mol. The highest BCUT2D eigenvalue weighted by Crippen LogP contribution is 2.25. The first-order valence-electron chi connectivity index (χ1n) is 7.44. The van der Waals surface area contributed by atoms with Crippen LogP contribution < -0.4 is 29.6 Å². The molecule has 1 aromatic rings. The van der Waals surface area contributed by atoms with E-state index in [0.717, 1.165) is 48.1 Å². The Morgan fingerprint density at radius 3 is 2.17 bits per heavy atom. The summed E-state index contributed by atoms with van der Waals surface area (Å²) in [7, 11) is 2.13. The molecule has 1 unspecified atom stereocenters. The Morgan fingerprint density at radius 1 is 1.13 bits per heavy atom. The van der Waals surface area contributed by atoms with Gasteiger partial charge < -0.3 is 39.6 Å². The van der Waals surface area contributed by atoms with Crippen molar-refractivity contribution in [3.05, 3.63) is 28.3 Å². The minimum absolute atomic E-state index is 0. The second kappa shape index (κ2) is 10.6. The number of likely N-dealkylation sites (N-methyl/N-ethyl adjacent to an activating group) is 1. The zero-order chi connectivity index (χ0) is 15.4. The van der Waals surface area contributed by atoms with Crippen LogP contribution >= 0.6 is 11.6 Å². The molecule has 1 N–H and O–H groups in total. The predicted molar refractivity (Wildman–Crippen MR) is 86.4 cm³/mol. The summed E-state index contributed by atoms with van der Waals surface area (Å²) in [5, 5.41) is 10.9. The molecule has 0 spiro atoms. The molecule has 23 heavy (non-hydrogen) atoms. The lowest BCUT2D eigenvalue weighted by atomic mass is 10.1. The monoisotopic (exact) mass is 382 g/mol. The summed E-state index contributed by atoms with van der Waals surface area (Å²) in [5.74, 6) is 0.770. The van der Waals surface area contributed by atoms with Crippen LogP contribution in [0.15, 0.2) is 12.1 Å². The highest BCUT2D eigenvalue weighted by molar-refractivity contribution is 6.32. The number of hydrogen-bond acceptors (Lipinski definition) is 4. The standard InChI is InChI=1S/C16H25ClN2O2.2ClH/c1-12-8-15(9-13(2)16(12)17)21-11-14(20)10-19-6-4-18(3)5-7-19;;/h8-9,14,20H,4-7,10-11H2,1-3H3;2*1H/p-2. The van der Waals surface area contributed by atoms with Gasteiger partial charge in [-0.2, -0.15) is 0 Å². The largest absolute Gasteiger partial charge is 1.00 e. The zero-order valence-electron chi connectivity index (χ0n) is 13.9. The van der Waals surface area contributed by atoms with Gasteiger partial charge in [-0.15, -0.1) is 0 Å². The van der Waals surface area contributed by atoms with Gasteiger partial charge in [0, 0.05) is 37.7 Å². The Labute approximate surface area is 156 Å². The Balaban J connectivity index is 0.00000242. The molecule has 0 radical (unpaired) electrons. The van der Waals surface area contributed by atoms with Crippen LogP contribution in [-0.4, -0.2) is 67.4 Å². The Bertz CT molecular complexity index is 457. The van der Waals surface area contributed by atoms with Crippen molar-refractivity contribution in [1.82, 2.24) is 9.80 Å². The van der Waals surface area contributed by atoms with Crippen LogP contribution in [0.3, 0.4) is 0 Å². The molecule has 0 aromatic heterocycles. The quantitative estimate of drug-likeness (QED) is 0.562. The summed E-state index contributed by atoms with van der Waals surface area (Å²) in [6, 6.07) is 3.83. The maximum atomic E-state index is 10.1. The molecule has 1 aliphatic heterocycles. The highest BCUT2D eigenvalue weighted by atomic mass is 35.5. The van der Waals surface area contributed by atoms with Crippen molar-refractivity contribution in [3.8, 4) is 5.75 Å². The van der Waals surface area contributed by atoms with Gasteiger partial charge in [0.15, 0.2) is 0 Å². The minimum atomic E-state index is -0.468. The second-order valence-corrected chi connectivity index (χ2v) is 6.32. The topological polar surface area (TPSA) is 35.9 Å². The summed E-state index contributed by atoms with van der Waals surface area (Å²) in [4.78, 5) is 4.59. The molecular formula is C16H25Cl3N2O2-2. The number of β-amino-alcohol motifs (C(OH)–C–C–N with tert-alkyl or cyclic N) is 1. The van der Waals surface area contributed by atoms with Crippen LogP contribution in [0.2, 0.25) is 5.02 Å². The molecule has 0 amide bonds. The summed E-state index contributed by atoms with van der Waals surface area (Å²) in [6.07, 6.45) is -0.468. The second-order valence-electron chi connectivity index (χ2n) is 5.94. The minimum Gasteiger partial charge on any atom is -1.00 e. The van der Waals surface area contributed by atoms with Crippen LogP contribution in [0, 0.1) is 13.8 Å². The third-order valence-electron chi connectivity index (χ3n) is 3.92. The summed E-state index contributed by atoms with van der Waals surface area (Å²) in [5.41, 5.74) is 2.00. The first-order valence-corrected chi connectivity index (χ1v) is 7.82. The molecule has 1 aromatic carbocycles. The van der Waals surface area contributed by atoms with Crippen molar-refractivity contribution in [1.29, 1.82) is 0 Å². The maximum Gasteiger partial charge on any atom is 0.120 e. The molecule has 1 atom stereocenters. The van der Waals surface area contributed by atoms with Gasteiger partial charge in [0.2, 0.25) is 0 Å². The van der Waals surface area contributed by atoms with E-state index in [1.165, 1.54) is 0 Å². The molecule has 134 valence electrons. The molecule has 1 heterocycles. The van der Waals surface area contributed by atoms with Crippen molar-refractivity contribution in [2.24, 2.45) is 0 Å². The molecule has 7 heteroatoms. The smallest absolute Gasteiger partial charge is 0.120 e. The first-order chi connectivity index (χ1) is 9.95. The molecule has 2 rings (SSSR count). The maximum absolute atomic E-state index is 10.1. The Kier molecular flexibility index (Phi) is 10.5. The van der Waals surface area contributed by atoms with Gasteiger partial charge in [-0.1, -0.05) is 11.6 Å². The number of hydrogen-bond donors (Lipinski definition) is 1. The summed E-state index contributed by atoms with van der Waals surface area (Å²) >= 11 is 6.14. The molecule has 4 nitrogen and oxygen atoms in total. The van der Waals surface area contributed by atoms with Crippen molar-refractivity contribution >= 4 is 11.6 Å². The molecule has 1 saturated heterocycles. The Hall–Kier alpha value is -0.230. The lowest BCUT2D eigenvalue weighted by molar-refractivity contribution is -0.001000. The fourth-order valence-corrected chi connectivity index (χ4v) is 2.67. The van der Waals surface area contributed by atoms with Crippen LogP contribution in [-0.2, 0) is 0 Å². The van der Waals surface area contributed by atoms with E-state index in [4.69, 9.17) is 16.3 Å². The lowest BCUT2D eigenvalue weighted by Crippen LogP contribution is -3.00. The third-order valence-corrected chi connectivity index (χ3v) is 4.51. The van der Waals surface area contributed by atoms with Crippen molar-refractivity contribution in [3.63, 3.8) is 0 Å². The van der Waals surface area contributed by atoms with Crippen molar-refractivity contribution < 1.29 is 34.7 Å². The van der Waals surface area contributed by atoms with E-state index in [9.17, 15) is 5.11 Å². The van der Waals surface area contributed by atoms with E-state index >= 15 is 0 Å². The van der Waals surface area contributed by atoms with E-state index in [0.29, 0.717) is 13.2 Å². The van der Waals surface area contributed by atoms with Crippen LogP contribution in [0.5, 0.6) is 5.75 Å². The SMILES string of the molecule is Cc1cc(OCC(O)CN2CCN(C)CC2)cc(C)c1Cl.[Cl-].[Cl-]. The van der Waals surface area contributed by atoms with Crippen LogP contribution in [0.25, 0.3) is 0 Å². The van der Waals surface area contributed by atoms with E-state index < -0.39 is 6.10 Å². The Morgan fingerprint density at radius 2 is 1.65 bits per heavy atom. The number of benzene rings is 1. The predicted octanol–water partition coefficient (Wildman–Crippen LogP) is -4.05. The molecule has 1 aliphatic rings. The fourth-order valence-electron chi connectivity index (χ4n) is 2.56. The van der Waals surface area contributed by atoms with E-state index in [1.807, 2.05) is 26.0 Å². The van der Waals surface area contributed by atoms with Gasteiger partial charge in [-0.3, -0.25) is 4.90 Å². The number of aliphatic hydroxyl groups is 1. The van der Waals surface area contributed by atoms with Crippen LogP contribution in [0.1, 0.15) is 11.1 Å². The van der Waals surface area contributed by atoms with E-state index in [1.54, 1.807) is 0 Å². The van der Waals surface area contributed by atoms with Gasteiger partial charge in [-0.05, 0) is 44.2 Å². The van der Waals surface area contributed by atoms with Crippen molar-refractivity contribution in [2.45, 2.75) is 20.0 Å². The number of nitrogens with zero attached hydrogens (tertiary/aromatic N) is 2. The highest BCUT2D eigenvalue weighted by Gasteiger charge is 2.17. The van der Waals surface area contributed by atoms with Gasteiger partial charge in [-0.25, -0.2) is 0 Å². The molecule has 0 aliphatic carbocycles. The van der Waals surface area contributed by atoms with E-state index in [2.05, 4.69) is 16.8 Å². The number of ether oxygens (including phenoxy) is 1. The molecule has 0 bridgehead atoms. The number of aryl methyl sites for hydroxylation is 2. The third kappa shape index (κ3) is 7.04. The number of rotatable bonds is 5. The normalized spacial score (nSPS) is 17.1. The van der Waals surface area contributed by atoms with Crippen molar-refractivity contribution in [2.75, 3.05) is 46.4 Å². The first kappa shape index (κ1) is 22.8. The summed E-state index contributed by atoms with van der Waals surface area (Å²) < 4.78 is 5.70. The number of halogens is 3. The average Bonchev–Trinajstić information content (AvgIpc) is 2.45. The lowest BCUT2D eigenvalue weighted by Gasteiger charge is -2.33. The molecule has 0 saturated carbocycles. The van der Waals surface area contributed by atoms with Gasteiger partial charge in [0.1, 0.15) is 18.5 Å². The number of aliphatic hydroxyl groups excluding tert-OH is 1. The van der Waals surface area contributed by atoms with Crippen LogP contribution in [0.4, 0.5) is 0 Å². The van der Waals surface area contributed by atoms with Gasteiger partial charge in [0.25, 0.3) is 0 Å². The zero-order valence-corrected chi connectivity index (χ0v) is 16.1. The van der Waals surface area contributed by atoms with Gasteiger partial charge >= 0.3 is 0 Å². The fraction of sp³-hybridized carbons (Fsp3) is 0.625. The molecule has 1 fully saturated rings. The summed E-state index contributed by atoms with van der Waals surface area (Å²) in [6.45, 7) is 9.03. The van der Waals surface area contributed by atoms with E-state index in [-0.39, 0.29) is 24.8 Å². The molecular weight excluding hydrogens is 359 g/mol.